The number of benzene rings is 2. The average Bonchev–Trinajstić information content (AvgIpc) is 3.45. The Morgan fingerprint density at radius 3 is 2.54 bits per heavy atom. The molecule has 185 valence electrons. The maximum atomic E-state index is 13.5. The van der Waals surface area contributed by atoms with Gasteiger partial charge in [0.25, 0.3) is 0 Å². The standard InChI is InChI=1S/C23H27N3O7S.Ac/c1-30-15-26(34(28,29)13-10-17-6-4-3-5-7-17)22-21(23(31-2)25(24-22)11-12-27)18-8-9-19-20(14-18)33-16-32-19;/h3-9,14,27H,10-13,15-16H2,1-2H3;. The third-order valence-corrected chi connectivity index (χ3v) is 7.03. The molecule has 1 aliphatic heterocycles. The van der Waals surface area contributed by atoms with Crippen LogP contribution in [0.2, 0.25) is 0 Å². The molecule has 2 aromatic carbocycles. The average molecular weight is 717 g/mol. The van der Waals surface area contributed by atoms with E-state index in [1.807, 2.05) is 30.3 Å². The van der Waals surface area contributed by atoms with E-state index in [0.29, 0.717) is 34.9 Å². The summed E-state index contributed by atoms with van der Waals surface area (Å²) in [5, 5.41) is 14.0. The third-order valence-electron chi connectivity index (χ3n) is 5.36. The first kappa shape index (κ1) is 27.7. The Morgan fingerprint density at radius 1 is 1.11 bits per heavy atom. The molecule has 1 N–H and O–H groups in total. The topological polar surface area (TPSA) is 112 Å². The molecule has 0 saturated carbocycles. The van der Waals surface area contributed by atoms with Crippen LogP contribution in [-0.4, -0.2) is 63.4 Å². The molecule has 0 saturated heterocycles. The quantitative estimate of drug-likeness (QED) is 0.301. The smallest absolute Gasteiger partial charge is 0.238 e. The van der Waals surface area contributed by atoms with Crippen molar-refractivity contribution in [1.29, 1.82) is 0 Å². The maximum Gasteiger partial charge on any atom is 0.238 e. The van der Waals surface area contributed by atoms with Gasteiger partial charge in [0, 0.05) is 51.2 Å². The van der Waals surface area contributed by atoms with Crippen LogP contribution in [0, 0.1) is 44.1 Å². The molecule has 0 aliphatic carbocycles. The molecule has 3 aromatic rings. The molecule has 0 atom stereocenters. The second-order valence-corrected chi connectivity index (χ2v) is 9.55. The Kier molecular flexibility index (Phi) is 9.84. The van der Waals surface area contributed by atoms with Crippen molar-refractivity contribution in [3.05, 3.63) is 54.1 Å². The molecule has 0 amide bonds. The minimum Gasteiger partial charge on any atom is -0.481 e. The summed E-state index contributed by atoms with van der Waals surface area (Å²) in [7, 11) is -0.959. The fraction of sp³-hybridized carbons (Fsp3) is 0.348. The predicted octanol–water partition coefficient (Wildman–Crippen LogP) is 2.26. The number of hydrogen-bond donors (Lipinski definition) is 1. The van der Waals surface area contributed by atoms with Crippen LogP contribution in [0.3, 0.4) is 0 Å². The normalized spacial score (nSPS) is 12.3. The van der Waals surface area contributed by atoms with Crippen molar-refractivity contribution < 1.29 is 76.5 Å². The van der Waals surface area contributed by atoms with E-state index in [1.54, 1.807) is 18.2 Å². The van der Waals surface area contributed by atoms with Crippen LogP contribution in [-0.2, 0) is 27.7 Å². The summed E-state index contributed by atoms with van der Waals surface area (Å²) in [5.74, 6) is 1.43. The van der Waals surface area contributed by atoms with Crippen molar-refractivity contribution in [3.8, 4) is 28.5 Å². The van der Waals surface area contributed by atoms with Crippen molar-refractivity contribution >= 4 is 15.8 Å². The van der Waals surface area contributed by atoms with Gasteiger partial charge in [0.05, 0.1) is 31.6 Å². The number of aryl methyl sites for hydroxylation is 1. The number of aliphatic hydroxyl groups is 1. The van der Waals surface area contributed by atoms with E-state index in [2.05, 4.69) is 5.10 Å². The summed E-state index contributed by atoms with van der Waals surface area (Å²) in [6.07, 6.45) is 0.331. The SMILES string of the molecule is COCN(c1nn(CCO)c(OC)c1-c1ccc2c(c1)OCO2)S(=O)(=O)CCc1ccccc1.[Ac]. The second kappa shape index (κ2) is 12.4. The number of hydrogen-bond acceptors (Lipinski definition) is 8. The molecule has 4 rings (SSSR count). The van der Waals surface area contributed by atoms with E-state index in [9.17, 15) is 13.5 Å². The zero-order chi connectivity index (χ0) is 24.1. The predicted molar refractivity (Wildman–Crippen MR) is 126 cm³/mol. The van der Waals surface area contributed by atoms with E-state index in [4.69, 9.17) is 18.9 Å². The van der Waals surface area contributed by atoms with Crippen LogP contribution in [0.5, 0.6) is 17.4 Å². The summed E-state index contributed by atoms with van der Waals surface area (Å²) in [5.41, 5.74) is 1.97. The number of anilines is 1. The van der Waals surface area contributed by atoms with Crippen molar-refractivity contribution in [1.82, 2.24) is 9.78 Å². The molecule has 10 nitrogen and oxygen atoms in total. The van der Waals surface area contributed by atoms with Gasteiger partial charge in [-0.15, -0.1) is 0 Å². The Morgan fingerprint density at radius 2 is 1.86 bits per heavy atom. The summed E-state index contributed by atoms with van der Waals surface area (Å²) in [6.45, 7) is -0.223. The number of sulfonamides is 1. The van der Waals surface area contributed by atoms with Crippen LogP contribution < -0.4 is 18.5 Å². The van der Waals surface area contributed by atoms with Gasteiger partial charge in [-0.25, -0.2) is 17.4 Å². The Balaban J connectivity index is 0.00000342. The van der Waals surface area contributed by atoms with E-state index >= 15 is 0 Å². The maximum absolute atomic E-state index is 13.5. The zero-order valence-electron chi connectivity index (χ0n) is 19.6. The van der Waals surface area contributed by atoms with Crippen molar-refractivity contribution in [2.75, 3.05) is 44.4 Å². The largest absolute Gasteiger partial charge is 0.481 e. The number of methoxy groups -OCH3 is 2. The molecule has 0 fully saturated rings. The van der Waals surface area contributed by atoms with Gasteiger partial charge in [-0.3, -0.25) is 0 Å². The molecule has 1 aromatic heterocycles. The van der Waals surface area contributed by atoms with Gasteiger partial charge in [-0.2, -0.15) is 5.10 Å². The third kappa shape index (κ3) is 6.12. The second-order valence-electron chi connectivity index (χ2n) is 7.54. The minimum atomic E-state index is -3.85. The molecule has 35 heavy (non-hydrogen) atoms. The summed E-state index contributed by atoms with van der Waals surface area (Å²) in [6, 6.07) is 14.7. The molecule has 12 heteroatoms. The van der Waals surface area contributed by atoms with Crippen LogP contribution in [0.15, 0.2) is 48.5 Å². The van der Waals surface area contributed by atoms with Crippen molar-refractivity contribution in [2.24, 2.45) is 0 Å². The molecule has 1 aliphatic rings. The van der Waals surface area contributed by atoms with Gasteiger partial charge in [0.1, 0.15) is 6.73 Å². The summed E-state index contributed by atoms with van der Waals surface area (Å²) in [4.78, 5) is 0. The molecule has 0 unspecified atom stereocenters. The number of ether oxygens (including phenoxy) is 4. The Labute approximate surface area is 240 Å². The van der Waals surface area contributed by atoms with E-state index in [0.717, 1.165) is 9.87 Å². The molecule has 2 heterocycles. The molecule has 0 spiro atoms. The monoisotopic (exact) mass is 716 g/mol. The Bertz CT molecular complexity index is 1240. The van der Waals surface area contributed by atoms with Gasteiger partial charge in [-0.1, -0.05) is 36.4 Å². The number of rotatable bonds is 11. The van der Waals surface area contributed by atoms with Crippen LogP contribution in [0.4, 0.5) is 5.82 Å². The number of aromatic nitrogens is 2. The molecule has 0 bridgehead atoms. The molecular weight excluding hydrogens is 689 g/mol. The van der Waals surface area contributed by atoms with Crippen molar-refractivity contribution in [2.45, 2.75) is 13.0 Å². The first-order chi connectivity index (χ1) is 16.5. The molecular formula is C23H27AcN3O7S. The van der Waals surface area contributed by atoms with E-state index in [1.165, 1.54) is 18.9 Å². The van der Waals surface area contributed by atoms with Gasteiger partial charge in [-0.05, 0) is 29.7 Å². The van der Waals surface area contributed by atoms with Gasteiger partial charge >= 0.3 is 0 Å². The van der Waals surface area contributed by atoms with Gasteiger partial charge in [0.15, 0.2) is 17.3 Å². The Hall–Kier alpha value is -1.84. The summed E-state index contributed by atoms with van der Waals surface area (Å²) >= 11 is 0. The van der Waals surface area contributed by atoms with Crippen LogP contribution in [0.25, 0.3) is 11.1 Å². The number of fused-ring (bicyclic) bond motifs is 1. The fourth-order valence-electron chi connectivity index (χ4n) is 3.76. The fourth-order valence-corrected chi connectivity index (χ4v) is 5.13. The van der Waals surface area contributed by atoms with Crippen LogP contribution >= 0.6 is 0 Å². The van der Waals surface area contributed by atoms with E-state index in [-0.39, 0.29) is 82.3 Å². The first-order valence-electron chi connectivity index (χ1n) is 10.7. The first-order valence-corrected chi connectivity index (χ1v) is 12.3. The number of aliphatic hydroxyl groups excluding tert-OH is 1. The number of nitrogens with zero attached hydrogens (tertiary/aromatic N) is 3. The van der Waals surface area contributed by atoms with Crippen molar-refractivity contribution in [3.63, 3.8) is 0 Å². The summed E-state index contributed by atoms with van der Waals surface area (Å²) < 4.78 is 51.3. The van der Waals surface area contributed by atoms with E-state index < -0.39 is 10.0 Å². The molecule has 1 radical (unpaired) electrons. The van der Waals surface area contributed by atoms with Gasteiger partial charge in [0.2, 0.25) is 22.7 Å². The zero-order valence-corrected chi connectivity index (χ0v) is 25.1. The minimum absolute atomic E-state index is 0. The van der Waals surface area contributed by atoms with Crippen LogP contribution in [0.1, 0.15) is 5.56 Å². The van der Waals surface area contributed by atoms with Gasteiger partial charge < -0.3 is 24.1 Å².